The van der Waals surface area contributed by atoms with Crippen molar-refractivity contribution in [2.45, 2.75) is 19.5 Å². The quantitative estimate of drug-likeness (QED) is 0.803. The molecule has 0 heterocycles. The largest absolute Gasteiger partial charge is 0.490 e. The van der Waals surface area contributed by atoms with E-state index in [1.807, 2.05) is 36.4 Å². The highest BCUT2D eigenvalue weighted by Crippen LogP contribution is 2.15. The number of carbonyl (C=O) groups excluding carboxylic acids is 1. The number of hydrogen-bond donors (Lipinski definition) is 1. The van der Waals surface area contributed by atoms with Crippen LogP contribution >= 0.6 is 0 Å². The number of benzene rings is 1. The average Bonchev–Trinajstić information content (AvgIpc) is 2.40. The minimum Gasteiger partial charge on any atom is -0.481 e. The second-order valence-electron chi connectivity index (χ2n) is 2.89. The molecular weight excluding hydrogens is 265 g/mol. The molecule has 1 N–H and O–H groups in total. The van der Waals surface area contributed by atoms with E-state index in [9.17, 15) is 22.8 Å². The first-order valence-electron chi connectivity index (χ1n) is 5.12. The van der Waals surface area contributed by atoms with Crippen molar-refractivity contribution < 1.29 is 32.6 Å². The molecule has 0 bridgehead atoms. The van der Waals surface area contributed by atoms with Crippen molar-refractivity contribution in [3.8, 4) is 0 Å². The van der Waals surface area contributed by atoms with E-state index in [1.165, 1.54) is 0 Å². The van der Waals surface area contributed by atoms with Crippen LogP contribution in [0.3, 0.4) is 0 Å². The zero-order valence-electron chi connectivity index (χ0n) is 10.5. The van der Waals surface area contributed by atoms with Gasteiger partial charge in [0.2, 0.25) is 0 Å². The number of halogens is 3. The van der Waals surface area contributed by atoms with Crippen LogP contribution in [0.2, 0.25) is 0 Å². The van der Waals surface area contributed by atoms with Crippen LogP contribution in [0.4, 0.5) is 13.2 Å². The van der Waals surface area contributed by atoms with Gasteiger partial charge in [-0.3, -0.25) is 4.79 Å². The Labute approximate surface area is 108 Å². The predicted molar refractivity (Wildman–Crippen MR) is 62.4 cm³/mol. The summed E-state index contributed by atoms with van der Waals surface area (Å²) in [6, 6.07) is 12.0. The Hall–Kier alpha value is -2.05. The van der Waals surface area contributed by atoms with Crippen molar-refractivity contribution >= 4 is 11.9 Å². The van der Waals surface area contributed by atoms with Crippen LogP contribution in [-0.2, 0) is 14.3 Å². The lowest BCUT2D eigenvalue weighted by atomic mass is 10.4. The second-order valence-corrected chi connectivity index (χ2v) is 2.89. The summed E-state index contributed by atoms with van der Waals surface area (Å²) < 4.78 is 36.3. The molecule has 0 saturated heterocycles. The molecular formula is C12H15F3O4. The van der Waals surface area contributed by atoms with Crippen LogP contribution in [0.5, 0.6) is 0 Å². The minimum absolute atomic E-state index is 0.222. The van der Waals surface area contributed by atoms with Crippen molar-refractivity contribution in [3.63, 3.8) is 0 Å². The molecule has 0 aliphatic carbocycles. The maximum atomic E-state index is 11.0. The van der Waals surface area contributed by atoms with Gasteiger partial charge in [0.15, 0.2) is 0 Å². The lowest BCUT2D eigenvalue weighted by molar-refractivity contribution is -0.196. The number of carboxylic acids is 1. The van der Waals surface area contributed by atoms with Gasteiger partial charge in [0.1, 0.15) is 0 Å². The SMILES string of the molecule is CCC(=O)O.COC(=O)C(F)(F)F.c1ccccc1. The van der Waals surface area contributed by atoms with Crippen molar-refractivity contribution in [3.05, 3.63) is 36.4 Å². The van der Waals surface area contributed by atoms with E-state index in [2.05, 4.69) is 4.74 Å². The number of ether oxygens (including phenoxy) is 1. The lowest BCUT2D eigenvalue weighted by Gasteiger charge is -1.99. The van der Waals surface area contributed by atoms with Crippen LogP contribution in [-0.4, -0.2) is 30.3 Å². The molecule has 7 heteroatoms. The number of alkyl halides is 3. The molecule has 0 aliphatic heterocycles. The van der Waals surface area contributed by atoms with Gasteiger partial charge in [-0.15, -0.1) is 0 Å². The van der Waals surface area contributed by atoms with Crippen molar-refractivity contribution in [2.75, 3.05) is 7.11 Å². The third kappa shape index (κ3) is 15.9. The van der Waals surface area contributed by atoms with Gasteiger partial charge in [-0.2, -0.15) is 13.2 Å². The molecule has 0 unspecified atom stereocenters. The molecule has 1 aromatic rings. The standard InChI is InChI=1S/C6H6.C3H3F3O2.C3H6O2/c1-2-4-6-5-3-1;1-8-2(7)3(4,5)6;1-2-3(4)5/h1-6H;1H3;2H2,1H3,(H,4,5). The fourth-order valence-electron chi connectivity index (χ4n) is 0.501. The first kappa shape index (κ1) is 19.3. The molecule has 0 radical (unpaired) electrons. The van der Waals surface area contributed by atoms with E-state index in [1.54, 1.807) is 6.92 Å². The zero-order chi connectivity index (χ0) is 15.3. The zero-order valence-corrected chi connectivity index (χ0v) is 10.5. The molecule has 1 aromatic carbocycles. The van der Waals surface area contributed by atoms with Crippen LogP contribution in [0, 0.1) is 0 Å². The maximum absolute atomic E-state index is 11.0. The second kappa shape index (κ2) is 11.1. The van der Waals surface area contributed by atoms with Gasteiger partial charge >= 0.3 is 18.1 Å². The number of carboxylic acid groups (broad SMARTS) is 1. The summed E-state index contributed by atoms with van der Waals surface area (Å²) in [5, 5.41) is 7.72. The maximum Gasteiger partial charge on any atom is 0.490 e. The van der Waals surface area contributed by atoms with Gasteiger partial charge in [-0.05, 0) is 0 Å². The Bertz CT molecular complexity index is 323. The van der Waals surface area contributed by atoms with E-state index < -0.39 is 18.1 Å². The molecule has 4 nitrogen and oxygen atoms in total. The number of hydrogen-bond acceptors (Lipinski definition) is 3. The van der Waals surface area contributed by atoms with Gasteiger partial charge in [-0.25, -0.2) is 4.79 Å². The summed E-state index contributed by atoms with van der Waals surface area (Å²) in [5.41, 5.74) is 0. The number of methoxy groups -OCH3 is 1. The Morgan fingerprint density at radius 1 is 1.05 bits per heavy atom. The summed E-state index contributed by atoms with van der Waals surface area (Å²) in [7, 11) is 0.676. The molecule has 0 atom stereocenters. The number of esters is 1. The predicted octanol–water partition coefficient (Wildman–Crippen LogP) is 2.89. The molecule has 108 valence electrons. The van der Waals surface area contributed by atoms with Gasteiger partial charge in [0.25, 0.3) is 0 Å². The van der Waals surface area contributed by atoms with Crippen LogP contribution in [0.1, 0.15) is 13.3 Å². The van der Waals surface area contributed by atoms with Crippen molar-refractivity contribution in [1.29, 1.82) is 0 Å². The topological polar surface area (TPSA) is 63.6 Å². The van der Waals surface area contributed by atoms with E-state index >= 15 is 0 Å². The normalized spacial score (nSPS) is 9.11. The monoisotopic (exact) mass is 280 g/mol. The smallest absolute Gasteiger partial charge is 0.481 e. The molecule has 0 spiro atoms. The fraction of sp³-hybridized carbons (Fsp3) is 0.333. The molecule has 1 rings (SSSR count). The van der Waals surface area contributed by atoms with Crippen LogP contribution in [0.15, 0.2) is 36.4 Å². The Morgan fingerprint density at radius 3 is 1.37 bits per heavy atom. The third-order valence-corrected chi connectivity index (χ3v) is 1.39. The summed E-state index contributed by atoms with van der Waals surface area (Å²) in [6.07, 6.45) is -4.63. The van der Waals surface area contributed by atoms with Gasteiger partial charge < -0.3 is 9.84 Å². The average molecular weight is 280 g/mol. The summed E-state index contributed by atoms with van der Waals surface area (Å²) in [5.74, 6) is -2.91. The Kier molecular flexibility index (Phi) is 11.2. The Balaban J connectivity index is 0. The van der Waals surface area contributed by atoms with Crippen molar-refractivity contribution in [1.82, 2.24) is 0 Å². The number of aliphatic carboxylic acids is 1. The van der Waals surface area contributed by atoms with Gasteiger partial charge in [0.05, 0.1) is 7.11 Å². The fourth-order valence-corrected chi connectivity index (χ4v) is 0.501. The van der Waals surface area contributed by atoms with E-state index in [0.717, 1.165) is 0 Å². The van der Waals surface area contributed by atoms with Crippen LogP contribution in [0.25, 0.3) is 0 Å². The molecule has 0 aromatic heterocycles. The van der Waals surface area contributed by atoms with E-state index in [-0.39, 0.29) is 6.42 Å². The van der Waals surface area contributed by atoms with E-state index in [0.29, 0.717) is 7.11 Å². The molecule has 0 amide bonds. The van der Waals surface area contributed by atoms with Crippen LogP contribution < -0.4 is 0 Å². The summed E-state index contributed by atoms with van der Waals surface area (Å²) in [4.78, 5) is 18.9. The molecule has 19 heavy (non-hydrogen) atoms. The first-order valence-corrected chi connectivity index (χ1v) is 5.12. The van der Waals surface area contributed by atoms with Crippen molar-refractivity contribution in [2.24, 2.45) is 0 Å². The highest BCUT2D eigenvalue weighted by molar-refractivity contribution is 5.75. The van der Waals surface area contributed by atoms with E-state index in [4.69, 9.17) is 5.11 Å². The first-order chi connectivity index (χ1) is 8.75. The van der Waals surface area contributed by atoms with Gasteiger partial charge in [-0.1, -0.05) is 43.3 Å². The highest BCUT2D eigenvalue weighted by atomic mass is 19.4. The molecule has 0 aliphatic rings. The molecule has 0 fully saturated rings. The van der Waals surface area contributed by atoms with Gasteiger partial charge in [0, 0.05) is 6.42 Å². The third-order valence-electron chi connectivity index (χ3n) is 1.39. The number of carbonyl (C=O) groups is 2. The Morgan fingerprint density at radius 2 is 1.32 bits per heavy atom. The number of rotatable bonds is 1. The summed E-state index contributed by atoms with van der Waals surface area (Å²) in [6.45, 7) is 1.60. The molecule has 0 saturated carbocycles. The lowest BCUT2D eigenvalue weighted by Crippen LogP contribution is -2.23. The highest BCUT2D eigenvalue weighted by Gasteiger charge is 2.39. The summed E-state index contributed by atoms with van der Waals surface area (Å²) >= 11 is 0. The minimum atomic E-state index is -4.85.